The van der Waals surface area contributed by atoms with Gasteiger partial charge in [0.25, 0.3) is 22.2 Å². The molecule has 10 rings (SSSR count). The van der Waals surface area contributed by atoms with Gasteiger partial charge < -0.3 is 17.7 Å². The molecule has 0 amide bonds. The highest BCUT2D eigenvalue weighted by atomic mass is 16.4. The number of fused-ring (bicyclic) bond motifs is 10. The molecule has 2 aliphatic carbocycles. The highest BCUT2D eigenvalue weighted by Crippen LogP contribution is 2.63. The van der Waals surface area contributed by atoms with Crippen LogP contribution in [-0.4, -0.2) is 9.13 Å². The lowest BCUT2D eigenvalue weighted by Gasteiger charge is -2.30. The predicted octanol–water partition coefficient (Wildman–Crippen LogP) is 6.74. The average molecular weight is 655 g/mol. The van der Waals surface area contributed by atoms with Crippen LogP contribution in [0.1, 0.15) is 62.8 Å². The number of nitrogens with zero attached hydrogens (tertiary/aromatic N) is 2. The summed E-state index contributed by atoms with van der Waals surface area (Å²) in [6.07, 6.45) is 1.66. The van der Waals surface area contributed by atoms with Gasteiger partial charge in [-0.25, -0.2) is 0 Å². The topological polar surface area (TPSA) is 131 Å². The molecule has 0 N–H and O–H groups in total. The van der Waals surface area contributed by atoms with E-state index < -0.39 is 0 Å². The molecule has 0 saturated carbocycles. The smallest absolute Gasteiger partial charge is 0.261 e. The summed E-state index contributed by atoms with van der Waals surface area (Å²) < 4.78 is 27.8. The van der Waals surface area contributed by atoms with Crippen LogP contribution in [0.25, 0.3) is 66.2 Å². The lowest BCUT2D eigenvalue weighted by Crippen LogP contribution is -2.26. The van der Waals surface area contributed by atoms with Crippen molar-refractivity contribution in [1.29, 1.82) is 0 Å². The molecule has 4 aromatic heterocycles. The molecule has 0 bridgehead atoms. The lowest BCUT2D eigenvalue weighted by molar-refractivity contribution is 0.349. The van der Waals surface area contributed by atoms with Gasteiger partial charge in [-0.1, -0.05) is 27.7 Å². The van der Waals surface area contributed by atoms with E-state index in [-0.39, 0.29) is 38.5 Å². The molecule has 2 aliphatic rings. The molecule has 0 atom stereocenters. The normalized spacial score (nSPS) is 17.4. The molecule has 10 nitrogen and oxygen atoms in total. The summed E-state index contributed by atoms with van der Waals surface area (Å²) in [4.78, 5) is 50.8. The Morgan fingerprint density at radius 3 is 0.959 bits per heavy atom. The van der Waals surface area contributed by atoms with Gasteiger partial charge in [-0.2, -0.15) is 0 Å². The lowest BCUT2D eigenvalue weighted by atomic mass is 9.72. The van der Waals surface area contributed by atoms with E-state index in [0.29, 0.717) is 66.2 Å². The Hall–Kier alpha value is -5.64. The van der Waals surface area contributed by atoms with Crippen molar-refractivity contribution < 1.29 is 17.7 Å². The van der Waals surface area contributed by atoms with Crippen molar-refractivity contribution in [3.05, 3.63) is 112 Å². The minimum absolute atomic E-state index is 0.228. The second-order valence-corrected chi connectivity index (χ2v) is 15.3. The molecule has 1 spiro atoms. The molecule has 0 fully saturated rings. The van der Waals surface area contributed by atoms with Gasteiger partial charge in [-0.15, -0.1) is 0 Å². The first-order chi connectivity index (χ1) is 23.2. The standard InChI is InChI=1S/C39H30N2O8/c1-37(2)15-39(23-13-31-29(11-21(23)37)46-25-7-17-19(9-27(25)48-31)35(44)40(5)33(17)42)16-38(3,4)22-12-30-32(14-24(22)39)49-28-10-20-18(8-26(28)47-30)34(43)41(6)36(20)45/h7-14H,15-16H2,1-6H3. The van der Waals surface area contributed by atoms with Crippen molar-refractivity contribution in [2.24, 2.45) is 14.1 Å². The van der Waals surface area contributed by atoms with Gasteiger partial charge in [0.2, 0.25) is 0 Å². The largest absolute Gasteiger partial charge is 0.449 e. The zero-order valence-corrected chi connectivity index (χ0v) is 27.7. The monoisotopic (exact) mass is 654 g/mol. The van der Waals surface area contributed by atoms with Crippen LogP contribution in [0.15, 0.2) is 85.4 Å². The van der Waals surface area contributed by atoms with Gasteiger partial charge in [-0.05, 0) is 94.5 Å². The maximum atomic E-state index is 12.7. The highest BCUT2D eigenvalue weighted by molar-refractivity contribution is 5.96. The van der Waals surface area contributed by atoms with Gasteiger partial charge in [0, 0.05) is 19.5 Å². The quantitative estimate of drug-likeness (QED) is 0.164. The maximum absolute atomic E-state index is 12.7. The predicted molar refractivity (Wildman–Crippen MR) is 186 cm³/mol. The molecule has 0 unspecified atom stereocenters. The van der Waals surface area contributed by atoms with Crippen molar-refractivity contribution in [2.45, 2.75) is 56.8 Å². The van der Waals surface area contributed by atoms with E-state index in [1.54, 1.807) is 24.3 Å². The van der Waals surface area contributed by atoms with E-state index in [4.69, 9.17) is 17.7 Å². The zero-order chi connectivity index (χ0) is 34.1. The molecule has 0 aliphatic heterocycles. The van der Waals surface area contributed by atoms with Crippen LogP contribution >= 0.6 is 0 Å². The van der Waals surface area contributed by atoms with Crippen LogP contribution < -0.4 is 22.2 Å². The first-order valence-corrected chi connectivity index (χ1v) is 16.3. The molecule has 8 aromatic rings. The summed E-state index contributed by atoms with van der Waals surface area (Å²) in [5.74, 6) is 0. The number of hydrogen-bond acceptors (Lipinski definition) is 8. The van der Waals surface area contributed by atoms with Crippen molar-refractivity contribution in [3.8, 4) is 0 Å². The van der Waals surface area contributed by atoms with Crippen molar-refractivity contribution in [1.82, 2.24) is 9.13 Å². The summed E-state index contributed by atoms with van der Waals surface area (Å²) >= 11 is 0. The minimum atomic E-state index is -0.388. The molecular formula is C39H30N2O8. The second-order valence-electron chi connectivity index (χ2n) is 15.3. The Morgan fingerprint density at radius 1 is 0.429 bits per heavy atom. The summed E-state index contributed by atoms with van der Waals surface area (Å²) in [6, 6.07) is 14.6. The number of hydrogen-bond donors (Lipinski definition) is 0. The molecule has 4 aromatic carbocycles. The van der Waals surface area contributed by atoms with Gasteiger partial charge in [0.05, 0.1) is 21.5 Å². The Morgan fingerprint density at radius 2 is 0.673 bits per heavy atom. The average Bonchev–Trinajstić information content (AvgIpc) is 3.59. The highest BCUT2D eigenvalue weighted by Gasteiger charge is 2.56. The molecule has 0 radical (unpaired) electrons. The van der Waals surface area contributed by atoms with Gasteiger partial charge in [0.15, 0.2) is 44.7 Å². The van der Waals surface area contributed by atoms with E-state index in [0.717, 1.165) is 44.2 Å². The van der Waals surface area contributed by atoms with E-state index in [9.17, 15) is 19.2 Å². The Labute approximate surface area is 275 Å². The van der Waals surface area contributed by atoms with Crippen LogP contribution in [0.2, 0.25) is 0 Å². The summed E-state index contributed by atoms with van der Waals surface area (Å²) in [5.41, 5.74) is 6.05. The second kappa shape index (κ2) is 8.49. The summed E-state index contributed by atoms with van der Waals surface area (Å²) in [6.45, 7) is 8.97. The van der Waals surface area contributed by atoms with E-state index in [1.165, 1.54) is 14.1 Å². The fourth-order valence-electron chi connectivity index (χ4n) is 9.17. The van der Waals surface area contributed by atoms with E-state index >= 15 is 0 Å². The maximum Gasteiger partial charge on any atom is 0.261 e. The van der Waals surface area contributed by atoms with Crippen molar-refractivity contribution >= 4 is 66.2 Å². The van der Waals surface area contributed by atoms with Crippen LogP contribution in [0, 0.1) is 0 Å². The third-order valence-electron chi connectivity index (χ3n) is 11.3. The van der Waals surface area contributed by atoms with Gasteiger partial charge in [0.1, 0.15) is 0 Å². The summed E-state index contributed by atoms with van der Waals surface area (Å²) in [5, 5.41) is 1.20. The Kier molecular flexibility index (Phi) is 4.92. The SMILES string of the molecule is Cn1c(=O)c2cc3oc4cc5c(cc4oc3cc2c1=O)C1(CC5(C)C)CC(C)(C)c2cc3oc4cc5c(=O)n(C)c(=O)c5cc4oc3cc21. The Balaban J connectivity index is 1.22. The van der Waals surface area contributed by atoms with Gasteiger partial charge in [-0.3, -0.25) is 28.3 Å². The van der Waals surface area contributed by atoms with Crippen LogP contribution in [-0.2, 0) is 30.3 Å². The molecule has 4 heterocycles. The molecule has 49 heavy (non-hydrogen) atoms. The fraction of sp³-hybridized carbons (Fsp3) is 0.282. The van der Waals surface area contributed by atoms with E-state index in [2.05, 4.69) is 52.0 Å². The summed E-state index contributed by atoms with van der Waals surface area (Å²) in [7, 11) is 2.93. The van der Waals surface area contributed by atoms with Gasteiger partial charge >= 0.3 is 0 Å². The van der Waals surface area contributed by atoms with Crippen LogP contribution in [0.5, 0.6) is 0 Å². The minimum Gasteiger partial charge on any atom is -0.449 e. The third kappa shape index (κ3) is 3.40. The van der Waals surface area contributed by atoms with Crippen molar-refractivity contribution in [2.75, 3.05) is 0 Å². The number of rotatable bonds is 0. The van der Waals surface area contributed by atoms with Crippen LogP contribution in [0.4, 0.5) is 0 Å². The fourth-order valence-corrected chi connectivity index (χ4v) is 9.17. The number of aromatic nitrogens is 2. The van der Waals surface area contributed by atoms with Crippen molar-refractivity contribution in [3.63, 3.8) is 0 Å². The van der Waals surface area contributed by atoms with E-state index in [1.807, 2.05) is 0 Å². The first-order valence-electron chi connectivity index (χ1n) is 16.3. The molecule has 0 saturated heterocycles. The number of benzene rings is 4. The molecule has 10 heteroatoms. The molecular weight excluding hydrogens is 624 g/mol. The molecule has 244 valence electrons. The zero-order valence-electron chi connectivity index (χ0n) is 27.7. The third-order valence-corrected chi connectivity index (χ3v) is 11.3. The van der Waals surface area contributed by atoms with Crippen LogP contribution in [0.3, 0.4) is 0 Å². The first kappa shape index (κ1) is 28.4. The Bertz CT molecular complexity index is 2910.